The molecule has 0 radical (unpaired) electrons. The van der Waals surface area contributed by atoms with Gasteiger partial charge in [0.15, 0.2) is 0 Å². The first-order valence-corrected chi connectivity index (χ1v) is 4.80. The highest BCUT2D eigenvalue weighted by Crippen LogP contribution is 2.19. The zero-order valence-electron chi connectivity index (χ0n) is 9.55. The third-order valence-electron chi connectivity index (χ3n) is 1.56. The van der Waals surface area contributed by atoms with E-state index in [0.717, 1.165) is 5.69 Å². The average molecular weight is 180 g/mol. The van der Waals surface area contributed by atoms with E-state index in [2.05, 4.69) is 37.0 Å². The van der Waals surface area contributed by atoms with Crippen molar-refractivity contribution in [3.8, 4) is 0 Å². The molecule has 0 aliphatic rings. The third-order valence-corrected chi connectivity index (χ3v) is 1.56. The molecule has 0 unspecified atom stereocenters. The number of aryl methyl sites for hydroxylation is 1. The van der Waals surface area contributed by atoms with Crippen LogP contribution in [0.1, 0.15) is 45.9 Å². The van der Waals surface area contributed by atoms with Gasteiger partial charge in [-0.15, -0.1) is 0 Å². The lowest BCUT2D eigenvalue weighted by Crippen LogP contribution is -2.14. The minimum Gasteiger partial charge on any atom is -0.159 e. The Morgan fingerprint density at radius 3 is 2.00 bits per heavy atom. The lowest BCUT2D eigenvalue weighted by molar-refractivity contribution is 0.557. The molecule has 0 aromatic carbocycles. The number of nitrogens with zero attached hydrogens (tertiary/aromatic N) is 2. The lowest BCUT2D eigenvalue weighted by Gasteiger charge is -2.16. The maximum atomic E-state index is 4.06. The standard InChI is InChI=1S/C9H14N2.C2H6/c1-7-5-8(9(2,3)4)11-10-6-7;1-2/h5-6H,1-4H3;1-2H3. The van der Waals surface area contributed by atoms with Gasteiger partial charge in [-0.3, -0.25) is 0 Å². The lowest BCUT2D eigenvalue weighted by atomic mass is 9.91. The summed E-state index contributed by atoms with van der Waals surface area (Å²) < 4.78 is 0. The first-order chi connectivity index (χ1) is 6.00. The highest BCUT2D eigenvalue weighted by molar-refractivity contribution is 5.16. The van der Waals surface area contributed by atoms with Crippen molar-refractivity contribution < 1.29 is 0 Å². The summed E-state index contributed by atoms with van der Waals surface area (Å²) in [6.07, 6.45) is 1.77. The summed E-state index contributed by atoms with van der Waals surface area (Å²) >= 11 is 0. The van der Waals surface area contributed by atoms with Crippen LogP contribution < -0.4 is 0 Å². The monoisotopic (exact) mass is 180 g/mol. The molecular formula is C11H20N2. The Hall–Kier alpha value is -0.920. The van der Waals surface area contributed by atoms with Gasteiger partial charge in [-0.1, -0.05) is 34.6 Å². The molecule has 0 saturated heterocycles. The molecule has 0 fully saturated rings. The van der Waals surface area contributed by atoms with Gasteiger partial charge < -0.3 is 0 Å². The molecule has 1 rings (SSSR count). The van der Waals surface area contributed by atoms with Gasteiger partial charge in [-0.2, -0.15) is 10.2 Å². The number of hydrogen-bond donors (Lipinski definition) is 0. The van der Waals surface area contributed by atoms with E-state index in [9.17, 15) is 0 Å². The molecule has 1 aromatic rings. The number of rotatable bonds is 0. The van der Waals surface area contributed by atoms with Crippen LogP contribution in [0.5, 0.6) is 0 Å². The second-order valence-corrected chi connectivity index (χ2v) is 3.87. The molecular weight excluding hydrogens is 160 g/mol. The molecule has 0 amide bonds. The van der Waals surface area contributed by atoms with Crippen LogP contribution in [0.4, 0.5) is 0 Å². The van der Waals surface area contributed by atoms with Crippen LogP contribution in [0, 0.1) is 6.92 Å². The molecule has 0 N–H and O–H groups in total. The smallest absolute Gasteiger partial charge is 0.0687 e. The predicted octanol–water partition coefficient (Wildman–Crippen LogP) is 3.11. The van der Waals surface area contributed by atoms with E-state index in [1.165, 1.54) is 5.56 Å². The Bertz CT molecular complexity index is 249. The normalized spacial score (nSPS) is 10.3. The summed E-state index contributed by atoms with van der Waals surface area (Å²) in [4.78, 5) is 0. The first-order valence-electron chi connectivity index (χ1n) is 4.80. The molecule has 0 spiro atoms. The van der Waals surface area contributed by atoms with Gasteiger partial charge in [-0.05, 0) is 18.6 Å². The Morgan fingerprint density at radius 2 is 1.69 bits per heavy atom. The minimum absolute atomic E-state index is 0.110. The van der Waals surface area contributed by atoms with Gasteiger partial charge in [0.2, 0.25) is 0 Å². The van der Waals surface area contributed by atoms with Crippen LogP contribution >= 0.6 is 0 Å². The van der Waals surface area contributed by atoms with Gasteiger partial charge in [0.25, 0.3) is 0 Å². The van der Waals surface area contributed by atoms with Gasteiger partial charge in [-0.25, -0.2) is 0 Å². The van der Waals surface area contributed by atoms with Crippen molar-refractivity contribution in [1.29, 1.82) is 0 Å². The van der Waals surface area contributed by atoms with E-state index in [1.807, 2.05) is 20.8 Å². The van der Waals surface area contributed by atoms with Gasteiger partial charge >= 0.3 is 0 Å². The molecule has 0 bridgehead atoms. The zero-order valence-corrected chi connectivity index (χ0v) is 9.55. The minimum atomic E-state index is 0.110. The van der Waals surface area contributed by atoms with E-state index in [0.29, 0.717) is 0 Å². The van der Waals surface area contributed by atoms with Crippen LogP contribution in [0.25, 0.3) is 0 Å². The van der Waals surface area contributed by atoms with E-state index in [-0.39, 0.29) is 5.41 Å². The maximum Gasteiger partial charge on any atom is 0.0687 e. The van der Waals surface area contributed by atoms with Crippen molar-refractivity contribution in [2.24, 2.45) is 0 Å². The van der Waals surface area contributed by atoms with Gasteiger partial charge in [0.1, 0.15) is 0 Å². The molecule has 2 nitrogen and oxygen atoms in total. The van der Waals surface area contributed by atoms with Crippen molar-refractivity contribution >= 4 is 0 Å². The zero-order chi connectivity index (χ0) is 10.5. The molecule has 2 heteroatoms. The van der Waals surface area contributed by atoms with E-state index >= 15 is 0 Å². The molecule has 0 aliphatic heterocycles. The fourth-order valence-electron chi connectivity index (χ4n) is 0.830. The van der Waals surface area contributed by atoms with Crippen molar-refractivity contribution in [2.75, 3.05) is 0 Å². The summed E-state index contributed by atoms with van der Waals surface area (Å²) in [5, 5.41) is 7.96. The summed E-state index contributed by atoms with van der Waals surface area (Å²) in [5.41, 5.74) is 2.33. The Balaban J connectivity index is 0.000000671. The third kappa shape index (κ3) is 4.02. The fourth-order valence-corrected chi connectivity index (χ4v) is 0.830. The predicted molar refractivity (Wildman–Crippen MR) is 56.8 cm³/mol. The fraction of sp³-hybridized carbons (Fsp3) is 0.636. The summed E-state index contributed by atoms with van der Waals surface area (Å²) in [6.45, 7) is 12.4. The van der Waals surface area contributed by atoms with Crippen LogP contribution in [-0.4, -0.2) is 10.2 Å². The molecule has 1 heterocycles. The molecule has 74 valence electrons. The van der Waals surface area contributed by atoms with Gasteiger partial charge in [0.05, 0.1) is 11.9 Å². The maximum absolute atomic E-state index is 4.06. The van der Waals surface area contributed by atoms with Gasteiger partial charge in [0, 0.05) is 5.41 Å². The van der Waals surface area contributed by atoms with E-state index in [1.54, 1.807) is 6.20 Å². The van der Waals surface area contributed by atoms with Crippen LogP contribution in [-0.2, 0) is 5.41 Å². The number of hydrogen-bond acceptors (Lipinski definition) is 2. The van der Waals surface area contributed by atoms with Crippen molar-refractivity contribution in [3.05, 3.63) is 23.5 Å². The Kier molecular flexibility index (Phi) is 4.60. The molecule has 0 aliphatic carbocycles. The molecule has 13 heavy (non-hydrogen) atoms. The van der Waals surface area contributed by atoms with E-state index in [4.69, 9.17) is 0 Å². The molecule has 1 aromatic heterocycles. The summed E-state index contributed by atoms with van der Waals surface area (Å²) in [7, 11) is 0. The average Bonchev–Trinajstić information content (AvgIpc) is 2.06. The topological polar surface area (TPSA) is 25.8 Å². The SMILES string of the molecule is CC.Cc1cnnc(C(C)(C)C)c1. The quantitative estimate of drug-likeness (QED) is 0.613. The van der Waals surface area contributed by atoms with Crippen LogP contribution in [0.2, 0.25) is 0 Å². The second-order valence-electron chi connectivity index (χ2n) is 3.87. The summed E-state index contributed by atoms with van der Waals surface area (Å²) in [6, 6.07) is 2.08. The highest BCUT2D eigenvalue weighted by Gasteiger charge is 2.15. The molecule has 0 saturated carbocycles. The first kappa shape index (κ1) is 12.1. The highest BCUT2D eigenvalue weighted by atomic mass is 15.1. The van der Waals surface area contributed by atoms with E-state index < -0.39 is 0 Å². The van der Waals surface area contributed by atoms with Crippen molar-refractivity contribution in [1.82, 2.24) is 10.2 Å². The largest absolute Gasteiger partial charge is 0.159 e. The number of aromatic nitrogens is 2. The van der Waals surface area contributed by atoms with Crippen LogP contribution in [0.3, 0.4) is 0 Å². The summed E-state index contributed by atoms with van der Waals surface area (Å²) in [5.74, 6) is 0. The van der Waals surface area contributed by atoms with Crippen molar-refractivity contribution in [2.45, 2.75) is 47.0 Å². The molecule has 0 atom stereocenters. The Labute approximate surface area is 81.4 Å². The van der Waals surface area contributed by atoms with Crippen molar-refractivity contribution in [3.63, 3.8) is 0 Å². The van der Waals surface area contributed by atoms with Crippen LogP contribution in [0.15, 0.2) is 12.3 Å². The second kappa shape index (κ2) is 4.95. The Morgan fingerprint density at radius 1 is 1.15 bits per heavy atom.